The highest BCUT2D eigenvalue weighted by Gasteiger charge is 2.04. The maximum absolute atomic E-state index is 13.1. The van der Waals surface area contributed by atoms with Crippen molar-refractivity contribution < 1.29 is 9.13 Å². The Morgan fingerprint density at radius 3 is 2.65 bits per heavy atom. The normalized spacial score (nSPS) is 10.3. The third-order valence-electron chi connectivity index (χ3n) is 1.91. The van der Waals surface area contributed by atoms with Crippen molar-refractivity contribution in [2.24, 2.45) is 0 Å². The van der Waals surface area contributed by atoms with Gasteiger partial charge in [0.05, 0.1) is 0 Å². The average molecular weight is 298 g/mol. The molecule has 2 N–H and O–H groups in total. The lowest BCUT2D eigenvalue weighted by molar-refractivity contribution is 0.457. The maximum atomic E-state index is 13.1. The number of hydrogen-bond donors (Lipinski definition) is 1. The van der Waals surface area contributed by atoms with Crippen LogP contribution in [0.1, 0.15) is 5.69 Å². The zero-order chi connectivity index (χ0) is 12.4. The first-order valence-electron chi connectivity index (χ1n) is 4.78. The van der Waals surface area contributed by atoms with Gasteiger partial charge in [0.1, 0.15) is 11.6 Å². The molecule has 0 aliphatic rings. The van der Waals surface area contributed by atoms with Gasteiger partial charge in [-0.2, -0.15) is 4.98 Å². The van der Waals surface area contributed by atoms with Crippen LogP contribution in [0.4, 0.5) is 10.3 Å². The van der Waals surface area contributed by atoms with Crippen LogP contribution in [0, 0.1) is 12.7 Å². The van der Waals surface area contributed by atoms with Gasteiger partial charge in [0, 0.05) is 22.3 Å². The van der Waals surface area contributed by atoms with Crippen LogP contribution >= 0.6 is 15.9 Å². The second-order valence-corrected chi connectivity index (χ2v) is 4.33. The lowest BCUT2D eigenvalue weighted by Gasteiger charge is -2.06. The summed E-state index contributed by atoms with van der Waals surface area (Å²) in [6.45, 7) is 1.77. The van der Waals surface area contributed by atoms with Crippen LogP contribution in [0.5, 0.6) is 11.6 Å². The van der Waals surface area contributed by atoms with Crippen molar-refractivity contribution in [2.75, 3.05) is 5.73 Å². The minimum atomic E-state index is -0.395. The van der Waals surface area contributed by atoms with Gasteiger partial charge in [0.15, 0.2) is 0 Å². The van der Waals surface area contributed by atoms with Gasteiger partial charge in [0.25, 0.3) is 0 Å². The molecule has 0 atom stereocenters. The molecule has 0 spiro atoms. The quantitative estimate of drug-likeness (QED) is 0.925. The Morgan fingerprint density at radius 1 is 1.24 bits per heavy atom. The highest BCUT2D eigenvalue weighted by atomic mass is 79.9. The van der Waals surface area contributed by atoms with Gasteiger partial charge in [-0.15, -0.1) is 0 Å². The van der Waals surface area contributed by atoms with Crippen LogP contribution in [0.15, 0.2) is 28.7 Å². The Hall–Kier alpha value is -1.69. The van der Waals surface area contributed by atoms with E-state index in [4.69, 9.17) is 10.5 Å². The van der Waals surface area contributed by atoms with E-state index >= 15 is 0 Å². The van der Waals surface area contributed by atoms with Gasteiger partial charge >= 0.3 is 0 Å². The van der Waals surface area contributed by atoms with E-state index in [1.807, 2.05) is 0 Å². The molecule has 0 fully saturated rings. The largest absolute Gasteiger partial charge is 0.439 e. The number of nitrogens with two attached hydrogens (primary N) is 1. The van der Waals surface area contributed by atoms with Gasteiger partial charge in [-0.3, -0.25) is 0 Å². The van der Waals surface area contributed by atoms with Gasteiger partial charge in [-0.25, -0.2) is 9.37 Å². The zero-order valence-electron chi connectivity index (χ0n) is 8.95. The summed E-state index contributed by atoms with van der Waals surface area (Å²) in [5.74, 6) is 0.352. The fraction of sp³-hybridized carbons (Fsp3) is 0.0909. The first kappa shape index (κ1) is 11.8. The molecule has 0 amide bonds. The summed E-state index contributed by atoms with van der Waals surface area (Å²) in [5, 5.41) is 0. The number of aryl methyl sites for hydroxylation is 1. The van der Waals surface area contributed by atoms with E-state index in [-0.39, 0.29) is 11.8 Å². The monoisotopic (exact) mass is 297 g/mol. The minimum Gasteiger partial charge on any atom is -0.439 e. The SMILES string of the molecule is Cc1cc(Oc2cc(F)cc(Br)c2)nc(N)n1. The van der Waals surface area contributed by atoms with Gasteiger partial charge < -0.3 is 10.5 Å². The molecule has 1 aromatic carbocycles. The van der Waals surface area contributed by atoms with Crippen molar-refractivity contribution in [1.29, 1.82) is 0 Å². The van der Waals surface area contributed by atoms with Crippen molar-refractivity contribution in [3.05, 3.63) is 40.2 Å². The summed E-state index contributed by atoms with van der Waals surface area (Å²) in [4.78, 5) is 7.81. The van der Waals surface area contributed by atoms with E-state index in [2.05, 4.69) is 25.9 Å². The number of nitrogens with zero attached hydrogens (tertiary/aromatic N) is 2. The number of rotatable bonds is 2. The summed E-state index contributed by atoms with van der Waals surface area (Å²) >= 11 is 3.18. The maximum Gasteiger partial charge on any atom is 0.224 e. The van der Waals surface area contributed by atoms with Crippen LogP contribution < -0.4 is 10.5 Å². The number of ether oxygens (including phenoxy) is 1. The molecular formula is C11H9BrFN3O. The third-order valence-corrected chi connectivity index (χ3v) is 2.36. The molecule has 0 bridgehead atoms. The van der Waals surface area contributed by atoms with Crippen molar-refractivity contribution >= 4 is 21.9 Å². The number of hydrogen-bond acceptors (Lipinski definition) is 4. The predicted molar refractivity (Wildman–Crippen MR) is 65.4 cm³/mol. The van der Waals surface area contributed by atoms with Crippen LogP contribution in [0.25, 0.3) is 0 Å². The minimum absolute atomic E-state index is 0.121. The molecule has 2 aromatic rings. The highest BCUT2D eigenvalue weighted by Crippen LogP contribution is 2.25. The molecule has 0 aliphatic heterocycles. The summed E-state index contributed by atoms with van der Waals surface area (Å²) < 4.78 is 19.1. The molecule has 0 radical (unpaired) electrons. The average Bonchev–Trinajstić information content (AvgIpc) is 2.13. The fourth-order valence-corrected chi connectivity index (χ4v) is 1.77. The predicted octanol–water partition coefficient (Wildman–Crippen LogP) is 3.06. The molecule has 6 heteroatoms. The molecule has 17 heavy (non-hydrogen) atoms. The Balaban J connectivity index is 2.31. The van der Waals surface area contributed by atoms with E-state index < -0.39 is 5.82 Å². The summed E-state index contributed by atoms with van der Waals surface area (Å²) in [5.41, 5.74) is 6.17. The Labute approximate surface area is 106 Å². The Bertz CT molecular complexity index is 472. The van der Waals surface area contributed by atoms with Crippen molar-refractivity contribution in [1.82, 2.24) is 9.97 Å². The molecule has 2 rings (SSSR count). The molecule has 1 heterocycles. The topological polar surface area (TPSA) is 61.0 Å². The second-order valence-electron chi connectivity index (χ2n) is 3.41. The van der Waals surface area contributed by atoms with Gasteiger partial charge in [0.2, 0.25) is 11.8 Å². The van der Waals surface area contributed by atoms with Crippen LogP contribution in [0.3, 0.4) is 0 Å². The lowest BCUT2D eigenvalue weighted by Crippen LogP contribution is -1.98. The smallest absolute Gasteiger partial charge is 0.224 e. The van der Waals surface area contributed by atoms with Crippen LogP contribution in [-0.2, 0) is 0 Å². The number of halogens is 2. The Kier molecular flexibility index (Phi) is 3.23. The summed E-state index contributed by atoms with van der Waals surface area (Å²) in [7, 11) is 0. The second kappa shape index (κ2) is 4.67. The molecular weight excluding hydrogens is 289 g/mol. The number of anilines is 1. The van der Waals surface area contributed by atoms with Crippen LogP contribution in [0.2, 0.25) is 0 Å². The Morgan fingerprint density at radius 2 is 2.00 bits per heavy atom. The number of nitrogen functional groups attached to an aromatic ring is 1. The molecule has 0 aliphatic carbocycles. The highest BCUT2D eigenvalue weighted by molar-refractivity contribution is 9.10. The molecule has 0 saturated carbocycles. The standard InChI is InChI=1S/C11H9BrFN3O/c1-6-2-10(16-11(14)15-6)17-9-4-7(12)3-8(13)5-9/h2-5H,1H3,(H2,14,15,16). The number of benzene rings is 1. The van der Waals surface area contributed by atoms with Gasteiger partial charge in [-0.1, -0.05) is 15.9 Å². The molecule has 0 unspecified atom stereocenters. The third kappa shape index (κ3) is 3.13. The lowest BCUT2D eigenvalue weighted by atomic mass is 10.3. The first-order chi connectivity index (χ1) is 8.02. The molecule has 4 nitrogen and oxygen atoms in total. The summed E-state index contributed by atoms with van der Waals surface area (Å²) in [6.07, 6.45) is 0. The van der Waals surface area contributed by atoms with Crippen molar-refractivity contribution in [3.63, 3.8) is 0 Å². The van der Waals surface area contributed by atoms with E-state index in [1.165, 1.54) is 12.1 Å². The zero-order valence-corrected chi connectivity index (χ0v) is 10.5. The van der Waals surface area contributed by atoms with E-state index in [0.717, 1.165) is 0 Å². The van der Waals surface area contributed by atoms with E-state index in [1.54, 1.807) is 19.1 Å². The number of aromatic nitrogens is 2. The van der Waals surface area contributed by atoms with Crippen molar-refractivity contribution in [3.8, 4) is 11.6 Å². The van der Waals surface area contributed by atoms with Crippen molar-refractivity contribution in [2.45, 2.75) is 6.92 Å². The van der Waals surface area contributed by atoms with Crippen LogP contribution in [-0.4, -0.2) is 9.97 Å². The van der Waals surface area contributed by atoms with E-state index in [0.29, 0.717) is 15.9 Å². The first-order valence-corrected chi connectivity index (χ1v) is 5.57. The molecule has 1 aromatic heterocycles. The molecule has 88 valence electrons. The van der Waals surface area contributed by atoms with E-state index in [9.17, 15) is 4.39 Å². The fourth-order valence-electron chi connectivity index (χ4n) is 1.32. The van der Waals surface area contributed by atoms with Gasteiger partial charge in [-0.05, 0) is 19.1 Å². The molecule has 0 saturated heterocycles. The summed E-state index contributed by atoms with van der Waals surface area (Å²) in [6, 6.07) is 5.86.